The Bertz CT molecular complexity index is 470. The summed E-state index contributed by atoms with van der Waals surface area (Å²) in [6, 6.07) is 10.7. The first-order chi connectivity index (χ1) is 9.35. The molecule has 0 aromatic heterocycles. The number of benzene rings is 1. The number of methoxy groups -OCH3 is 1. The van der Waals surface area contributed by atoms with E-state index in [1.54, 1.807) is 5.57 Å². The topological polar surface area (TPSA) is 9.23 Å². The lowest BCUT2D eigenvalue weighted by Gasteiger charge is -2.51. The van der Waals surface area contributed by atoms with Gasteiger partial charge in [-0.25, -0.2) is 0 Å². The third-order valence-electron chi connectivity index (χ3n) is 5.52. The van der Waals surface area contributed by atoms with Crippen LogP contribution in [0.5, 0.6) is 0 Å². The second-order valence-electron chi connectivity index (χ2n) is 6.66. The van der Waals surface area contributed by atoms with E-state index in [-0.39, 0.29) is 0 Å². The third-order valence-corrected chi connectivity index (χ3v) is 5.52. The minimum absolute atomic E-state index is 0.811. The molecule has 1 heteroatoms. The molecule has 1 nitrogen and oxygen atoms in total. The first-order valence-corrected chi connectivity index (χ1v) is 7.68. The maximum Gasteiger partial charge on any atom is 0.125 e. The fourth-order valence-corrected chi connectivity index (χ4v) is 5.05. The van der Waals surface area contributed by atoms with Gasteiger partial charge in [0.15, 0.2) is 0 Å². The summed E-state index contributed by atoms with van der Waals surface area (Å²) in [5.41, 5.74) is 2.92. The quantitative estimate of drug-likeness (QED) is 0.706. The highest BCUT2D eigenvalue weighted by atomic mass is 16.5. The van der Waals surface area contributed by atoms with E-state index >= 15 is 0 Å². The molecular weight excluding hydrogens is 232 g/mol. The van der Waals surface area contributed by atoms with Crippen LogP contribution in [-0.4, -0.2) is 7.11 Å². The number of rotatable bonds is 2. The van der Waals surface area contributed by atoms with Crippen molar-refractivity contribution in [1.29, 1.82) is 0 Å². The van der Waals surface area contributed by atoms with Gasteiger partial charge < -0.3 is 4.74 Å². The van der Waals surface area contributed by atoms with E-state index in [0.29, 0.717) is 0 Å². The summed E-state index contributed by atoms with van der Waals surface area (Å²) in [7, 11) is 1.85. The van der Waals surface area contributed by atoms with E-state index in [2.05, 4.69) is 30.3 Å². The van der Waals surface area contributed by atoms with Crippen molar-refractivity contribution >= 4 is 5.76 Å². The Balaban J connectivity index is 1.78. The summed E-state index contributed by atoms with van der Waals surface area (Å²) >= 11 is 0. The monoisotopic (exact) mass is 254 g/mol. The Hall–Kier alpha value is -1.24. The van der Waals surface area contributed by atoms with Crippen LogP contribution in [0.3, 0.4) is 0 Å². The van der Waals surface area contributed by atoms with Crippen molar-refractivity contribution in [3.8, 4) is 0 Å². The molecular formula is C18H22O. The van der Waals surface area contributed by atoms with Gasteiger partial charge in [-0.1, -0.05) is 30.3 Å². The van der Waals surface area contributed by atoms with Crippen LogP contribution in [0.15, 0.2) is 35.9 Å². The Morgan fingerprint density at radius 1 is 0.895 bits per heavy atom. The van der Waals surface area contributed by atoms with Crippen molar-refractivity contribution in [2.24, 2.45) is 23.7 Å². The summed E-state index contributed by atoms with van der Waals surface area (Å²) in [4.78, 5) is 0. The number of allylic oxidation sites excluding steroid dienone is 1. The molecule has 0 N–H and O–H groups in total. The molecule has 100 valence electrons. The van der Waals surface area contributed by atoms with Crippen LogP contribution in [0.25, 0.3) is 5.76 Å². The van der Waals surface area contributed by atoms with E-state index < -0.39 is 0 Å². The lowest BCUT2D eigenvalue weighted by Crippen LogP contribution is -2.40. The molecule has 4 bridgehead atoms. The molecule has 4 aliphatic rings. The van der Waals surface area contributed by atoms with Gasteiger partial charge in [-0.05, 0) is 61.3 Å². The van der Waals surface area contributed by atoms with Gasteiger partial charge in [-0.3, -0.25) is 0 Å². The maximum absolute atomic E-state index is 5.84. The Labute approximate surface area is 115 Å². The van der Waals surface area contributed by atoms with Gasteiger partial charge in [0.05, 0.1) is 7.11 Å². The van der Waals surface area contributed by atoms with Gasteiger partial charge in [0.2, 0.25) is 0 Å². The molecule has 4 fully saturated rings. The van der Waals surface area contributed by atoms with Crippen molar-refractivity contribution in [3.05, 3.63) is 41.5 Å². The Kier molecular flexibility index (Phi) is 2.68. The predicted molar refractivity (Wildman–Crippen MR) is 77.4 cm³/mol. The van der Waals surface area contributed by atoms with Gasteiger partial charge in [0.25, 0.3) is 0 Å². The highest BCUT2D eigenvalue weighted by Crippen LogP contribution is 2.57. The SMILES string of the molecule is COC(=C1C2CC3CC(C2)CC1C3)c1ccccc1. The predicted octanol–water partition coefficient (Wildman–Crippen LogP) is 4.50. The van der Waals surface area contributed by atoms with Crippen molar-refractivity contribution in [1.82, 2.24) is 0 Å². The Morgan fingerprint density at radius 3 is 2.00 bits per heavy atom. The van der Waals surface area contributed by atoms with Crippen molar-refractivity contribution < 1.29 is 4.74 Å². The molecule has 0 aliphatic heterocycles. The van der Waals surface area contributed by atoms with Gasteiger partial charge in [-0.2, -0.15) is 0 Å². The fourth-order valence-electron chi connectivity index (χ4n) is 5.05. The lowest BCUT2D eigenvalue weighted by molar-refractivity contribution is 0.0675. The molecule has 4 aliphatic carbocycles. The second kappa shape index (κ2) is 4.40. The zero-order chi connectivity index (χ0) is 12.8. The molecule has 1 aromatic carbocycles. The van der Waals surface area contributed by atoms with Crippen LogP contribution < -0.4 is 0 Å². The molecule has 0 amide bonds. The van der Waals surface area contributed by atoms with Gasteiger partial charge >= 0.3 is 0 Å². The molecule has 0 radical (unpaired) electrons. The summed E-state index contributed by atoms with van der Waals surface area (Å²) in [6.45, 7) is 0. The maximum atomic E-state index is 5.84. The van der Waals surface area contributed by atoms with Crippen LogP contribution in [0.2, 0.25) is 0 Å². The standard InChI is InChI=1S/C18H22O/c1-19-18(14-5-3-2-4-6-14)17-15-8-12-7-13(10-15)11-16(17)9-12/h2-6,12-13,15-16H,7-11H2,1H3. The van der Waals surface area contributed by atoms with Crippen molar-refractivity contribution in [2.45, 2.75) is 32.1 Å². The number of ether oxygens (including phenoxy) is 1. The molecule has 0 spiro atoms. The summed E-state index contributed by atoms with van der Waals surface area (Å²) in [6.07, 6.45) is 7.18. The number of hydrogen-bond acceptors (Lipinski definition) is 1. The fraction of sp³-hybridized carbons (Fsp3) is 0.556. The zero-order valence-electron chi connectivity index (χ0n) is 11.6. The second-order valence-corrected chi connectivity index (χ2v) is 6.66. The highest BCUT2D eigenvalue weighted by molar-refractivity contribution is 5.64. The molecule has 4 saturated carbocycles. The van der Waals surface area contributed by atoms with E-state index in [9.17, 15) is 0 Å². The molecule has 19 heavy (non-hydrogen) atoms. The molecule has 0 unspecified atom stereocenters. The molecule has 0 atom stereocenters. The normalized spacial score (nSPS) is 35.5. The zero-order valence-corrected chi connectivity index (χ0v) is 11.6. The molecule has 5 rings (SSSR count). The van der Waals surface area contributed by atoms with Crippen molar-refractivity contribution in [2.75, 3.05) is 7.11 Å². The van der Waals surface area contributed by atoms with Crippen molar-refractivity contribution in [3.63, 3.8) is 0 Å². The smallest absolute Gasteiger partial charge is 0.125 e. The highest BCUT2D eigenvalue weighted by Gasteiger charge is 2.46. The van der Waals surface area contributed by atoms with Crippen LogP contribution in [0.1, 0.15) is 37.7 Å². The largest absolute Gasteiger partial charge is 0.496 e. The van der Waals surface area contributed by atoms with Crippen LogP contribution in [0.4, 0.5) is 0 Å². The summed E-state index contributed by atoms with van der Waals surface area (Å²) in [5, 5.41) is 0. The van der Waals surface area contributed by atoms with Crippen LogP contribution in [0, 0.1) is 23.7 Å². The van der Waals surface area contributed by atoms with Gasteiger partial charge in [0, 0.05) is 5.56 Å². The van der Waals surface area contributed by atoms with Gasteiger partial charge in [-0.15, -0.1) is 0 Å². The van der Waals surface area contributed by atoms with E-state index in [0.717, 1.165) is 23.7 Å². The molecule has 0 heterocycles. The summed E-state index contributed by atoms with van der Waals surface area (Å²) in [5.74, 6) is 4.84. The minimum atomic E-state index is 0.811. The third kappa shape index (κ3) is 1.82. The summed E-state index contributed by atoms with van der Waals surface area (Å²) < 4.78 is 5.84. The lowest BCUT2D eigenvalue weighted by atomic mass is 9.54. The van der Waals surface area contributed by atoms with E-state index in [1.807, 2.05) is 7.11 Å². The minimum Gasteiger partial charge on any atom is -0.496 e. The van der Waals surface area contributed by atoms with Crippen LogP contribution >= 0.6 is 0 Å². The average Bonchev–Trinajstić information content (AvgIpc) is 2.43. The first-order valence-electron chi connectivity index (χ1n) is 7.68. The first kappa shape index (κ1) is 11.6. The number of hydrogen-bond donors (Lipinski definition) is 0. The van der Waals surface area contributed by atoms with Gasteiger partial charge in [0.1, 0.15) is 5.76 Å². The average molecular weight is 254 g/mol. The molecule has 0 saturated heterocycles. The van der Waals surface area contributed by atoms with E-state index in [4.69, 9.17) is 4.74 Å². The van der Waals surface area contributed by atoms with E-state index in [1.165, 1.54) is 43.4 Å². The molecule has 1 aromatic rings. The Morgan fingerprint density at radius 2 is 1.47 bits per heavy atom. The van der Waals surface area contributed by atoms with Crippen LogP contribution in [-0.2, 0) is 4.74 Å².